The summed E-state index contributed by atoms with van der Waals surface area (Å²) in [6.07, 6.45) is 4.02. The van der Waals surface area contributed by atoms with Crippen LogP contribution in [0.3, 0.4) is 0 Å². The number of aryl methyl sites for hydroxylation is 1. The molecule has 0 spiro atoms. The molecule has 0 atom stereocenters. The van der Waals surface area contributed by atoms with E-state index in [0.717, 1.165) is 27.6 Å². The molecule has 0 bridgehead atoms. The van der Waals surface area contributed by atoms with Crippen molar-refractivity contribution in [3.05, 3.63) is 68.5 Å². The fourth-order valence-electron chi connectivity index (χ4n) is 3.25. The summed E-state index contributed by atoms with van der Waals surface area (Å²) in [5.41, 5.74) is 3.07. The topological polar surface area (TPSA) is 66.8 Å². The van der Waals surface area contributed by atoms with Crippen LogP contribution in [0.15, 0.2) is 51.8 Å². The van der Waals surface area contributed by atoms with Gasteiger partial charge >= 0.3 is 5.97 Å². The number of thioether (sulfide) groups is 1. The van der Waals surface area contributed by atoms with E-state index in [2.05, 4.69) is 15.9 Å². The number of hydrogen-bond donors (Lipinski definition) is 1. The van der Waals surface area contributed by atoms with E-state index in [1.807, 2.05) is 55.5 Å². The summed E-state index contributed by atoms with van der Waals surface area (Å²) >= 11 is 10.2. The van der Waals surface area contributed by atoms with Gasteiger partial charge in [-0.2, -0.15) is 0 Å². The van der Waals surface area contributed by atoms with Gasteiger partial charge in [-0.15, -0.1) is 0 Å². The van der Waals surface area contributed by atoms with Crippen molar-refractivity contribution in [1.82, 2.24) is 4.90 Å². The number of hydrogen-bond acceptors (Lipinski definition) is 5. The first-order valence-corrected chi connectivity index (χ1v) is 12.3. The smallest absolute Gasteiger partial charge is 0.303 e. The van der Waals surface area contributed by atoms with E-state index < -0.39 is 5.97 Å². The number of carbonyl (C=O) groups excluding carboxylic acids is 1. The van der Waals surface area contributed by atoms with E-state index in [-0.39, 0.29) is 12.3 Å². The maximum Gasteiger partial charge on any atom is 0.303 e. The molecule has 1 heterocycles. The lowest BCUT2D eigenvalue weighted by molar-refractivity contribution is -0.137. The zero-order valence-corrected chi connectivity index (χ0v) is 20.9. The van der Waals surface area contributed by atoms with E-state index in [4.69, 9.17) is 22.1 Å². The molecule has 0 saturated carbocycles. The first kappa shape index (κ1) is 24.5. The van der Waals surface area contributed by atoms with E-state index in [1.54, 1.807) is 4.90 Å². The molecule has 1 N–H and O–H groups in total. The third-order valence-corrected chi connectivity index (χ3v) is 6.92. The predicted molar refractivity (Wildman–Crippen MR) is 136 cm³/mol. The first-order chi connectivity index (χ1) is 15.3. The number of carboxylic acids is 1. The van der Waals surface area contributed by atoms with Gasteiger partial charge in [0, 0.05) is 23.0 Å². The normalized spacial score (nSPS) is 14.9. The van der Waals surface area contributed by atoms with Crippen molar-refractivity contribution in [2.45, 2.75) is 39.2 Å². The van der Waals surface area contributed by atoms with Crippen LogP contribution in [0.2, 0.25) is 0 Å². The van der Waals surface area contributed by atoms with Crippen LogP contribution >= 0.6 is 39.9 Å². The second-order valence-electron chi connectivity index (χ2n) is 7.44. The second-order valence-corrected chi connectivity index (χ2v) is 10.0. The van der Waals surface area contributed by atoms with Gasteiger partial charge in [-0.3, -0.25) is 14.5 Å². The van der Waals surface area contributed by atoms with E-state index in [1.165, 1.54) is 11.8 Å². The predicted octanol–water partition coefficient (Wildman–Crippen LogP) is 6.18. The molecule has 1 fully saturated rings. The number of ether oxygens (including phenoxy) is 1. The molecule has 8 heteroatoms. The maximum absolute atomic E-state index is 12.9. The molecule has 1 saturated heterocycles. The number of nitrogens with zero attached hydrogens (tertiary/aromatic N) is 1. The summed E-state index contributed by atoms with van der Waals surface area (Å²) in [5.74, 6) is -0.230. The quantitative estimate of drug-likeness (QED) is 0.223. The number of unbranched alkanes of at least 4 members (excludes halogenated alkanes) is 2. The Morgan fingerprint density at radius 1 is 1.22 bits per heavy atom. The van der Waals surface area contributed by atoms with Gasteiger partial charge in [0.15, 0.2) is 0 Å². The highest BCUT2D eigenvalue weighted by Gasteiger charge is 2.31. The third-order valence-electron chi connectivity index (χ3n) is 5.05. The molecule has 2 aromatic rings. The van der Waals surface area contributed by atoms with Gasteiger partial charge < -0.3 is 9.84 Å². The SMILES string of the molecule is Cc1ccccc1COc1ccc(Br)cc1/C=C1/SC(=S)N(CCCCCC(=O)O)C1=O. The Morgan fingerprint density at radius 2 is 2.00 bits per heavy atom. The Hall–Kier alpha value is -2.16. The molecule has 0 unspecified atom stereocenters. The number of aliphatic carboxylic acids is 1. The van der Waals surface area contributed by atoms with Crippen molar-refractivity contribution in [1.29, 1.82) is 0 Å². The van der Waals surface area contributed by atoms with Crippen LogP contribution in [-0.4, -0.2) is 32.7 Å². The number of benzene rings is 2. The minimum Gasteiger partial charge on any atom is -0.488 e. The molecule has 1 aliphatic rings. The Balaban J connectivity index is 1.69. The van der Waals surface area contributed by atoms with Crippen molar-refractivity contribution in [3.8, 4) is 5.75 Å². The van der Waals surface area contributed by atoms with Gasteiger partial charge in [-0.1, -0.05) is 70.6 Å². The van der Waals surface area contributed by atoms with E-state index in [9.17, 15) is 9.59 Å². The van der Waals surface area contributed by atoms with Gasteiger partial charge in [-0.25, -0.2) is 0 Å². The highest BCUT2D eigenvalue weighted by atomic mass is 79.9. The van der Waals surface area contributed by atoms with E-state index >= 15 is 0 Å². The molecule has 2 aromatic carbocycles. The summed E-state index contributed by atoms with van der Waals surface area (Å²) in [6, 6.07) is 13.8. The molecule has 1 amide bonds. The Kier molecular flexibility index (Phi) is 8.90. The van der Waals surface area contributed by atoms with Gasteiger partial charge in [0.05, 0.1) is 4.91 Å². The number of thiocarbonyl (C=S) groups is 1. The fraction of sp³-hybridized carbons (Fsp3) is 0.292. The summed E-state index contributed by atoms with van der Waals surface area (Å²) < 4.78 is 7.50. The number of amides is 1. The summed E-state index contributed by atoms with van der Waals surface area (Å²) in [4.78, 5) is 25.7. The maximum atomic E-state index is 12.9. The fourth-order valence-corrected chi connectivity index (χ4v) is 4.93. The molecule has 0 aliphatic carbocycles. The number of carbonyl (C=O) groups is 2. The number of halogens is 1. The van der Waals surface area contributed by atoms with Gasteiger partial charge in [0.2, 0.25) is 0 Å². The van der Waals surface area contributed by atoms with Gasteiger partial charge in [-0.05, 0) is 55.2 Å². The van der Waals surface area contributed by atoms with Crippen molar-refractivity contribution < 1.29 is 19.4 Å². The second kappa shape index (κ2) is 11.6. The average molecular weight is 534 g/mol. The molecular weight excluding hydrogens is 510 g/mol. The van der Waals surface area contributed by atoms with Crippen LogP contribution in [-0.2, 0) is 16.2 Å². The highest BCUT2D eigenvalue weighted by Crippen LogP contribution is 2.35. The van der Waals surface area contributed by atoms with Crippen molar-refractivity contribution in [2.75, 3.05) is 6.54 Å². The molecule has 3 rings (SSSR count). The first-order valence-electron chi connectivity index (χ1n) is 10.3. The highest BCUT2D eigenvalue weighted by molar-refractivity contribution is 9.10. The minimum absolute atomic E-state index is 0.122. The molecule has 32 heavy (non-hydrogen) atoms. The zero-order valence-electron chi connectivity index (χ0n) is 17.7. The molecular formula is C24H24BrNO4S2. The van der Waals surface area contributed by atoms with Crippen molar-refractivity contribution in [3.63, 3.8) is 0 Å². The Labute approximate surface area is 206 Å². The molecule has 5 nitrogen and oxygen atoms in total. The van der Waals surface area contributed by atoms with Crippen molar-refractivity contribution in [2.24, 2.45) is 0 Å². The lowest BCUT2D eigenvalue weighted by Crippen LogP contribution is -2.29. The van der Waals surface area contributed by atoms with Crippen molar-refractivity contribution >= 4 is 62.2 Å². The zero-order chi connectivity index (χ0) is 23.1. The largest absolute Gasteiger partial charge is 0.488 e. The monoisotopic (exact) mass is 533 g/mol. The summed E-state index contributed by atoms with van der Waals surface area (Å²) in [6.45, 7) is 2.98. The van der Waals surface area contributed by atoms with Crippen LogP contribution in [0.5, 0.6) is 5.75 Å². The van der Waals surface area contributed by atoms with Crippen LogP contribution in [0.4, 0.5) is 0 Å². The van der Waals surface area contributed by atoms with Gasteiger partial charge in [0.1, 0.15) is 16.7 Å². The van der Waals surface area contributed by atoms with Crippen LogP contribution in [0.1, 0.15) is 42.4 Å². The Bertz CT molecular complexity index is 1050. The van der Waals surface area contributed by atoms with Crippen LogP contribution in [0.25, 0.3) is 6.08 Å². The molecule has 168 valence electrons. The summed E-state index contributed by atoms with van der Waals surface area (Å²) in [5, 5.41) is 8.73. The molecule has 0 radical (unpaired) electrons. The standard InChI is InChI=1S/C24H24BrNO4S2/c1-16-7-4-5-8-17(16)15-30-20-11-10-19(25)13-18(20)14-21-23(29)26(24(31)32-21)12-6-2-3-9-22(27)28/h4-5,7-8,10-11,13-14H,2-3,6,9,12,15H2,1H3,(H,27,28)/b21-14+. The minimum atomic E-state index is -0.798. The Morgan fingerprint density at radius 3 is 2.75 bits per heavy atom. The summed E-state index contributed by atoms with van der Waals surface area (Å²) in [7, 11) is 0. The number of rotatable bonds is 10. The average Bonchev–Trinajstić information content (AvgIpc) is 3.01. The molecule has 0 aromatic heterocycles. The lowest BCUT2D eigenvalue weighted by atomic mass is 10.1. The van der Waals surface area contributed by atoms with Crippen LogP contribution in [0, 0.1) is 6.92 Å². The lowest BCUT2D eigenvalue weighted by Gasteiger charge is -2.14. The van der Waals surface area contributed by atoms with E-state index in [0.29, 0.717) is 41.0 Å². The number of carboxylic acid groups (broad SMARTS) is 1. The van der Waals surface area contributed by atoms with Crippen LogP contribution < -0.4 is 4.74 Å². The molecule has 1 aliphatic heterocycles. The van der Waals surface area contributed by atoms with Gasteiger partial charge in [0.25, 0.3) is 5.91 Å². The third kappa shape index (κ3) is 6.67.